The number of Topliss-reactive ketones (excluding diaryl/α,β-unsaturated/α-hetero) is 1. The van der Waals surface area contributed by atoms with E-state index in [0.29, 0.717) is 67.9 Å². The predicted octanol–water partition coefficient (Wildman–Crippen LogP) is 6.35. The smallest absolute Gasteiger partial charge is 0.342 e. The zero-order valence-electron chi connectivity index (χ0n) is 22.3. The number of cyclic esters (lactones) is 1. The number of fused-ring (bicyclic) bond motifs is 2. The van der Waals surface area contributed by atoms with E-state index in [2.05, 4.69) is 13.8 Å². The molecule has 2 heterocycles. The molecule has 1 N–H and O–H groups in total. The molecule has 2 aliphatic rings. The van der Waals surface area contributed by atoms with Crippen molar-refractivity contribution in [1.29, 1.82) is 0 Å². The van der Waals surface area contributed by atoms with Crippen LogP contribution in [0.3, 0.4) is 0 Å². The second-order valence-electron chi connectivity index (χ2n) is 10.6. The normalized spacial score (nSPS) is 21.5. The third kappa shape index (κ3) is 6.63. The Balaban J connectivity index is 1.77. The predicted molar refractivity (Wildman–Crippen MR) is 144 cm³/mol. The van der Waals surface area contributed by atoms with Crippen molar-refractivity contribution in [2.45, 2.75) is 77.7 Å². The number of aromatic hydroxyl groups is 1. The first-order chi connectivity index (χ1) is 18.2. The molecule has 202 valence electrons. The maximum Gasteiger partial charge on any atom is 0.342 e. The van der Waals surface area contributed by atoms with Crippen LogP contribution in [0.1, 0.15) is 98.7 Å². The van der Waals surface area contributed by atoms with Gasteiger partial charge in [0.1, 0.15) is 28.6 Å². The van der Waals surface area contributed by atoms with E-state index in [1.807, 2.05) is 30.3 Å². The van der Waals surface area contributed by atoms with Crippen LogP contribution in [-0.4, -0.2) is 35.5 Å². The van der Waals surface area contributed by atoms with E-state index in [9.17, 15) is 19.5 Å². The summed E-state index contributed by atoms with van der Waals surface area (Å²) in [5.74, 6) is -0.384. The van der Waals surface area contributed by atoms with E-state index in [4.69, 9.17) is 14.2 Å². The minimum Gasteiger partial charge on any atom is -0.507 e. The number of phenolic OH excluding ortho intramolecular Hbond substituents is 1. The molecule has 0 saturated heterocycles. The molecule has 0 bridgehead atoms. The Hall–Kier alpha value is -3.61. The Morgan fingerprint density at radius 1 is 1.11 bits per heavy atom. The van der Waals surface area contributed by atoms with Crippen molar-refractivity contribution in [2.24, 2.45) is 5.92 Å². The molecule has 0 spiro atoms. The van der Waals surface area contributed by atoms with E-state index in [-0.39, 0.29) is 29.3 Å². The maximum atomic E-state index is 13.4. The molecule has 0 saturated carbocycles. The minimum absolute atomic E-state index is 0.0162. The van der Waals surface area contributed by atoms with Crippen LogP contribution in [0, 0.1) is 5.92 Å². The van der Waals surface area contributed by atoms with Crippen LogP contribution in [0.15, 0.2) is 36.4 Å². The number of esters is 2. The van der Waals surface area contributed by atoms with Gasteiger partial charge >= 0.3 is 11.9 Å². The Kier molecular flexibility index (Phi) is 8.87. The van der Waals surface area contributed by atoms with Gasteiger partial charge < -0.3 is 19.3 Å². The first-order valence-electron chi connectivity index (χ1n) is 13.5. The lowest BCUT2D eigenvalue weighted by Gasteiger charge is -2.28. The Morgan fingerprint density at radius 3 is 2.68 bits per heavy atom. The molecule has 2 aromatic rings. The lowest BCUT2D eigenvalue weighted by atomic mass is 9.83. The highest BCUT2D eigenvalue weighted by Gasteiger charge is 2.35. The fourth-order valence-corrected chi connectivity index (χ4v) is 4.89. The molecule has 0 aromatic heterocycles. The quantitative estimate of drug-likeness (QED) is 0.370. The monoisotopic (exact) mass is 520 g/mol. The molecule has 2 aliphatic heterocycles. The second kappa shape index (κ2) is 12.3. The fraction of sp³-hybridized carbons (Fsp3) is 0.452. The van der Waals surface area contributed by atoms with Crippen LogP contribution in [0.5, 0.6) is 17.2 Å². The fourth-order valence-electron chi connectivity index (χ4n) is 4.89. The molecular formula is C31H36O7. The van der Waals surface area contributed by atoms with Crippen molar-refractivity contribution in [3.63, 3.8) is 0 Å². The van der Waals surface area contributed by atoms with E-state index < -0.39 is 24.0 Å². The second-order valence-corrected chi connectivity index (χ2v) is 10.6. The van der Waals surface area contributed by atoms with Crippen LogP contribution < -0.4 is 9.47 Å². The molecule has 38 heavy (non-hydrogen) atoms. The molecule has 0 fully saturated rings. The van der Waals surface area contributed by atoms with Gasteiger partial charge in [-0.3, -0.25) is 9.59 Å². The summed E-state index contributed by atoms with van der Waals surface area (Å²) in [5.41, 5.74) is 1.62. The first kappa shape index (κ1) is 27.4. The number of allylic oxidation sites excluding steroid dienone is 1. The third-order valence-electron chi connectivity index (χ3n) is 6.82. The highest BCUT2D eigenvalue weighted by Crippen LogP contribution is 2.47. The molecule has 4 rings (SSSR count). The molecule has 7 heteroatoms. The highest BCUT2D eigenvalue weighted by molar-refractivity contribution is 5.98. The van der Waals surface area contributed by atoms with E-state index in [1.54, 1.807) is 19.1 Å². The molecule has 2 atom stereocenters. The molecule has 0 aliphatic carbocycles. The molecule has 7 nitrogen and oxygen atoms in total. The molecule has 2 aromatic carbocycles. The summed E-state index contributed by atoms with van der Waals surface area (Å²) < 4.78 is 17.1. The van der Waals surface area contributed by atoms with Gasteiger partial charge in [-0.2, -0.15) is 0 Å². The van der Waals surface area contributed by atoms with Gasteiger partial charge in [0.25, 0.3) is 0 Å². The number of benzene rings is 2. The number of hydrogen-bond donors (Lipinski definition) is 1. The number of carbonyl (C=O) groups excluding carboxylic acids is 3. The summed E-state index contributed by atoms with van der Waals surface area (Å²) in [6, 6.07) is 9.07. The summed E-state index contributed by atoms with van der Waals surface area (Å²) in [6.07, 6.45) is 6.67. The van der Waals surface area contributed by atoms with Gasteiger partial charge in [0, 0.05) is 24.3 Å². The van der Waals surface area contributed by atoms with Gasteiger partial charge in [-0.05, 0) is 67.9 Å². The minimum atomic E-state index is -0.648. The molecule has 0 amide bonds. The average molecular weight is 521 g/mol. The van der Waals surface area contributed by atoms with E-state index in [1.165, 1.54) is 0 Å². The highest BCUT2D eigenvalue weighted by atomic mass is 16.5. The van der Waals surface area contributed by atoms with E-state index in [0.717, 1.165) is 5.56 Å². The third-order valence-corrected chi connectivity index (χ3v) is 6.82. The summed E-state index contributed by atoms with van der Waals surface area (Å²) in [6.45, 7) is 6.46. The summed E-state index contributed by atoms with van der Waals surface area (Å²) in [5, 5.41) is 11.5. The Labute approximate surface area is 223 Å². The summed E-state index contributed by atoms with van der Waals surface area (Å²) >= 11 is 0. The number of phenols is 1. The largest absolute Gasteiger partial charge is 0.507 e. The standard InChI is InChI=1S/C31H36O7/c1-19(2)18-36-24-14-8-11-21(15-24)25-17-27(33)38-26-16-22-10-5-4-6-12-23(32)13-7-9-20(3)37-31(35)28(22)30(34)29(25)26/h5,8,10-11,14-16,19-20,25,34H,4,6-7,9,12-13,17-18H2,1-3H3/b10-5+/t20-,25?/m0/s1. The number of carbonyl (C=O) groups is 3. The van der Waals surface area contributed by atoms with E-state index >= 15 is 0 Å². The van der Waals surface area contributed by atoms with Crippen LogP contribution in [0.25, 0.3) is 6.08 Å². The van der Waals surface area contributed by atoms with Crippen molar-refractivity contribution in [2.75, 3.05) is 6.61 Å². The van der Waals surface area contributed by atoms with Gasteiger partial charge in [-0.15, -0.1) is 0 Å². The lowest BCUT2D eigenvalue weighted by Crippen LogP contribution is -2.23. The summed E-state index contributed by atoms with van der Waals surface area (Å²) in [4.78, 5) is 38.1. The molecule has 0 radical (unpaired) electrons. The van der Waals surface area contributed by atoms with Crippen LogP contribution >= 0.6 is 0 Å². The molecule has 1 unspecified atom stereocenters. The summed E-state index contributed by atoms with van der Waals surface area (Å²) in [7, 11) is 0. The van der Waals surface area contributed by atoms with Crippen molar-refractivity contribution in [3.05, 3.63) is 58.7 Å². The van der Waals surface area contributed by atoms with Gasteiger partial charge in [-0.25, -0.2) is 4.79 Å². The van der Waals surface area contributed by atoms with Gasteiger partial charge in [0.15, 0.2) is 0 Å². The Morgan fingerprint density at radius 2 is 1.89 bits per heavy atom. The number of hydrogen-bond acceptors (Lipinski definition) is 7. The number of ketones is 1. The average Bonchev–Trinajstić information content (AvgIpc) is 2.86. The zero-order valence-corrected chi connectivity index (χ0v) is 22.3. The number of ether oxygens (including phenoxy) is 3. The van der Waals surface area contributed by atoms with Crippen LogP contribution in [0.2, 0.25) is 0 Å². The Bertz CT molecular complexity index is 1230. The first-order valence-corrected chi connectivity index (χ1v) is 13.5. The van der Waals surface area contributed by atoms with Gasteiger partial charge in [0.2, 0.25) is 0 Å². The lowest BCUT2D eigenvalue weighted by molar-refractivity contribution is -0.135. The van der Waals surface area contributed by atoms with Crippen LogP contribution in [-0.2, 0) is 14.3 Å². The van der Waals surface area contributed by atoms with Crippen molar-refractivity contribution < 1.29 is 33.7 Å². The van der Waals surface area contributed by atoms with Crippen molar-refractivity contribution >= 4 is 23.8 Å². The van der Waals surface area contributed by atoms with Gasteiger partial charge in [-0.1, -0.05) is 38.1 Å². The van der Waals surface area contributed by atoms with Gasteiger partial charge in [0.05, 0.1) is 19.1 Å². The zero-order chi connectivity index (χ0) is 27.2. The SMILES string of the molecule is CC(C)COc1cccc(C2CC(=O)Oc3cc4c(c(O)c32)C(=O)O[C@@H](C)CCCC(=O)CCC/C=C/4)c1. The van der Waals surface area contributed by atoms with Crippen molar-refractivity contribution in [1.82, 2.24) is 0 Å². The molecular weight excluding hydrogens is 484 g/mol. The van der Waals surface area contributed by atoms with Crippen LogP contribution in [0.4, 0.5) is 0 Å². The van der Waals surface area contributed by atoms with Crippen molar-refractivity contribution in [3.8, 4) is 17.2 Å². The topological polar surface area (TPSA) is 99.1 Å². The number of rotatable bonds is 4. The maximum absolute atomic E-state index is 13.4.